The molecule has 0 aliphatic rings. The van der Waals surface area contributed by atoms with E-state index in [2.05, 4.69) is 116 Å². The van der Waals surface area contributed by atoms with Crippen LogP contribution in [-0.4, -0.2) is 4.98 Å². The maximum Gasteiger partial charge on any atom is 0.143 e. The second-order valence-corrected chi connectivity index (χ2v) is 11.0. The standard InChI is InChI=1S/C36H23NOS/c1-22-10-2-4-13-25(22)36-37-34-31(28-17-8-12-23-11-3-5-14-26(23)28)20-24(21-33(34)39-36)27-16-9-18-30-29-15-6-7-19-32(29)38-35(27)30/h2-21H,1H3. The number of nitrogens with zero attached hydrogens (tertiary/aromatic N) is 1. The van der Waals surface area contributed by atoms with Gasteiger partial charge in [-0.2, -0.15) is 0 Å². The van der Waals surface area contributed by atoms with Gasteiger partial charge in [0.1, 0.15) is 16.2 Å². The quantitative estimate of drug-likeness (QED) is 0.233. The Morgan fingerprint density at radius 1 is 0.590 bits per heavy atom. The molecule has 8 rings (SSSR count). The summed E-state index contributed by atoms with van der Waals surface area (Å²) < 4.78 is 7.61. The molecule has 0 saturated carbocycles. The first-order valence-corrected chi connectivity index (χ1v) is 14.0. The molecule has 0 amide bonds. The number of aryl methyl sites for hydroxylation is 1. The first kappa shape index (κ1) is 22.3. The number of benzene rings is 6. The van der Waals surface area contributed by atoms with Crippen molar-refractivity contribution >= 4 is 54.3 Å². The van der Waals surface area contributed by atoms with E-state index in [0.29, 0.717) is 0 Å². The number of rotatable bonds is 3. The molecule has 0 spiro atoms. The van der Waals surface area contributed by atoms with Crippen LogP contribution in [0.2, 0.25) is 0 Å². The molecule has 0 radical (unpaired) electrons. The van der Waals surface area contributed by atoms with Gasteiger partial charge in [-0.3, -0.25) is 0 Å². The van der Waals surface area contributed by atoms with Crippen molar-refractivity contribution in [2.75, 3.05) is 0 Å². The van der Waals surface area contributed by atoms with E-state index in [1.54, 1.807) is 11.3 Å². The van der Waals surface area contributed by atoms with Crippen LogP contribution in [0.5, 0.6) is 0 Å². The summed E-state index contributed by atoms with van der Waals surface area (Å²) in [4.78, 5) is 5.25. The van der Waals surface area contributed by atoms with E-state index in [0.717, 1.165) is 49.2 Å². The van der Waals surface area contributed by atoms with Crippen LogP contribution in [0, 0.1) is 6.92 Å². The largest absolute Gasteiger partial charge is 0.455 e. The monoisotopic (exact) mass is 517 g/mol. The van der Waals surface area contributed by atoms with Crippen LogP contribution in [-0.2, 0) is 0 Å². The Labute approximate surface area is 229 Å². The van der Waals surface area contributed by atoms with Crippen molar-refractivity contribution in [2.45, 2.75) is 6.92 Å². The second kappa shape index (κ2) is 8.65. The highest BCUT2D eigenvalue weighted by molar-refractivity contribution is 7.21. The summed E-state index contributed by atoms with van der Waals surface area (Å²) in [6, 6.07) is 42.9. The van der Waals surface area contributed by atoms with Gasteiger partial charge in [-0.25, -0.2) is 4.98 Å². The fourth-order valence-corrected chi connectivity index (χ4v) is 6.88. The maximum atomic E-state index is 6.44. The van der Waals surface area contributed by atoms with E-state index < -0.39 is 0 Å². The van der Waals surface area contributed by atoms with Crippen molar-refractivity contribution in [2.24, 2.45) is 0 Å². The van der Waals surface area contributed by atoms with E-state index in [1.807, 2.05) is 12.1 Å². The summed E-state index contributed by atoms with van der Waals surface area (Å²) in [7, 11) is 0. The van der Waals surface area contributed by atoms with E-state index in [9.17, 15) is 0 Å². The minimum atomic E-state index is 0.912. The minimum absolute atomic E-state index is 0.912. The molecular formula is C36H23NOS. The SMILES string of the molecule is Cc1ccccc1-c1nc2c(-c3cccc4ccccc34)cc(-c3cccc4c3oc3ccccc34)cc2s1. The molecule has 0 bridgehead atoms. The summed E-state index contributed by atoms with van der Waals surface area (Å²) in [6.45, 7) is 2.15. The van der Waals surface area contributed by atoms with Gasteiger partial charge in [-0.1, -0.05) is 103 Å². The number of fused-ring (bicyclic) bond motifs is 5. The number of para-hydroxylation sites is 2. The topological polar surface area (TPSA) is 26.0 Å². The number of furan rings is 1. The first-order valence-electron chi connectivity index (χ1n) is 13.1. The molecule has 0 saturated heterocycles. The lowest BCUT2D eigenvalue weighted by Gasteiger charge is -2.11. The Bertz CT molecular complexity index is 2190. The van der Waals surface area contributed by atoms with Gasteiger partial charge < -0.3 is 4.42 Å². The summed E-state index contributed by atoms with van der Waals surface area (Å²) in [5.41, 5.74) is 9.85. The molecule has 0 fully saturated rings. The van der Waals surface area contributed by atoms with E-state index in [-0.39, 0.29) is 0 Å². The van der Waals surface area contributed by atoms with Crippen molar-refractivity contribution in [3.05, 3.63) is 127 Å². The highest BCUT2D eigenvalue weighted by Crippen LogP contribution is 2.43. The molecule has 0 atom stereocenters. The van der Waals surface area contributed by atoms with Gasteiger partial charge in [0, 0.05) is 27.5 Å². The fraction of sp³-hybridized carbons (Fsp3) is 0.0278. The Balaban J connectivity index is 1.46. The van der Waals surface area contributed by atoms with Crippen molar-refractivity contribution in [3.8, 4) is 32.8 Å². The number of hydrogen-bond acceptors (Lipinski definition) is 3. The minimum Gasteiger partial charge on any atom is -0.455 e. The van der Waals surface area contributed by atoms with Gasteiger partial charge >= 0.3 is 0 Å². The van der Waals surface area contributed by atoms with Crippen molar-refractivity contribution < 1.29 is 4.42 Å². The predicted octanol–water partition coefficient (Wildman–Crippen LogP) is 10.7. The summed E-state index contributed by atoms with van der Waals surface area (Å²) >= 11 is 1.76. The summed E-state index contributed by atoms with van der Waals surface area (Å²) in [6.07, 6.45) is 0. The smallest absolute Gasteiger partial charge is 0.143 e. The molecule has 2 nitrogen and oxygen atoms in total. The van der Waals surface area contributed by atoms with Gasteiger partial charge in [-0.15, -0.1) is 11.3 Å². The van der Waals surface area contributed by atoms with Crippen molar-refractivity contribution in [3.63, 3.8) is 0 Å². The molecule has 6 aromatic carbocycles. The number of thiazole rings is 1. The van der Waals surface area contributed by atoms with Crippen LogP contribution in [0.3, 0.4) is 0 Å². The van der Waals surface area contributed by atoms with Gasteiger partial charge in [-0.05, 0) is 52.6 Å². The third-order valence-corrected chi connectivity index (χ3v) is 8.70. The van der Waals surface area contributed by atoms with Crippen LogP contribution >= 0.6 is 11.3 Å². The van der Waals surface area contributed by atoms with E-state index >= 15 is 0 Å². The summed E-state index contributed by atoms with van der Waals surface area (Å²) in [5.74, 6) is 0. The van der Waals surface area contributed by atoms with Crippen LogP contribution in [0.15, 0.2) is 126 Å². The number of aromatic nitrogens is 1. The van der Waals surface area contributed by atoms with Crippen LogP contribution < -0.4 is 0 Å². The zero-order valence-electron chi connectivity index (χ0n) is 21.3. The van der Waals surface area contributed by atoms with E-state index in [4.69, 9.17) is 9.40 Å². The highest BCUT2D eigenvalue weighted by atomic mass is 32.1. The molecule has 0 N–H and O–H groups in total. The van der Waals surface area contributed by atoms with E-state index in [1.165, 1.54) is 32.2 Å². The molecule has 0 unspecified atom stereocenters. The zero-order valence-corrected chi connectivity index (χ0v) is 22.1. The normalized spacial score (nSPS) is 11.7. The third-order valence-electron chi connectivity index (χ3n) is 7.67. The molecule has 2 aromatic heterocycles. The first-order chi connectivity index (χ1) is 19.2. The third kappa shape index (κ3) is 3.51. The van der Waals surface area contributed by atoms with Crippen molar-refractivity contribution in [1.29, 1.82) is 0 Å². The van der Waals surface area contributed by atoms with Gasteiger partial charge in [0.15, 0.2) is 0 Å². The molecule has 184 valence electrons. The summed E-state index contributed by atoms with van der Waals surface area (Å²) in [5, 5.41) is 5.78. The average Bonchev–Trinajstić information content (AvgIpc) is 3.58. The Morgan fingerprint density at radius 2 is 1.28 bits per heavy atom. The second-order valence-electron chi connectivity index (χ2n) is 10.0. The maximum absolute atomic E-state index is 6.44. The lowest BCUT2D eigenvalue weighted by atomic mass is 9.93. The Hall–Kier alpha value is -4.73. The van der Waals surface area contributed by atoms with Gasteiger partial charge in [0.25, 0.3) is 0 Å². The lowest BCUT2D eigenvalue weighted by Crippen LogP contribution is -1.87. The average molecular weight is 518 g/mol. The van der Waals surface area contributed by atoms with Gasteiger partial charge in [0.2, 0.25) is 0 Å². The number of hydrogen-bond donors (Lipinski definition) is 0. The molecular weight excluding hydrogens is 494 g/mol. The van der Waals surface area contributed by atoms with Crippen LogP contribution in [0.1, 0.15) is 5.56 Å². The Morgan fingerprint density at radius 3 is 2.21 bits per heavy atom. The Kier molecular flexibility index (Phi) is 4.94. The fourth-order valence-electron chi connectivity index (χ4n) is 5.75. The van der Waals surface area contributed by atoms with Crippen molar-refractivity contribution in [1.82, 2.24) is 4.98 Å². The highest BCUT2D eigenvalue weighted by Gasteiger charge is 2.18. The molecule has 2 heterocycles. The lowest BCUT2D eigenvalue weighted by molar-refractivity contribution is 0.670. The molecule has 0 aliphatic carbocycles. The molecule has 8 aromatic rings. The molecule has 3 heteroatoms. The van der Waals surface area contributed by atoms with Crippen LogP contribution in [0.4, 0.5) is 0 Å². The predicted molar refractivity (Wildman–Crippen MR) is 165 cm³/mol. The van der Waals surface area contributed by atoms with Crippen LogP contribution in [0.25, 0.3) is 75.8 Å². The zero-order chi connectivity index (χ0) is 25.9. The van der Waals surface area contributed by atoms with Gasteiger partial charge in [0.05, 0.1) is 10.2 Å². The molecule has 0 aliphatic heterocycles. The molecule has 39 heavy (non-hydrogen) atoms.